The van der Waals surface area contributed by atoms with E-state index in [-0.39, 0.29) is 6.10 Å². The Kier molecular flexibility index (Phi) is 5.53. The molecule has 2 heterocycles. The van der Waals surface area contributed by atoms with Gasteiger partial charge in [-0.05, 0) is 56.4 Å². The van der Waals surface area contributed by atoms with Gasteiger partial charge in [0.1, 0.15) is 12.6 Å². The smallest absolute Gasteiger partial charge is 0.121 e. The highest BCUT2D eigenvalue weighted by atomic mass is 16.3. The number of fused-ring (bicyclic) bond motifs is 3. The molecular weight excluding hydrogens is 370 g/mol. The van der Waals surface area contributed by atoms with Gasteiger partial charge in [-0.1, -0.05) is 35.9 Å². The molecule has 1 saturated heterocycles. The number of hydrogen-bond donors (Lipinski definition) is 2. The molecule has 3 aromatic rings. The summed E-state index contributed by atoms with van der Waals surface area (Å²) in [5.41, 5.74) is 6.95. The molecule has 0 spiro atoms. The van der Waals surface area contributed by atoms with Crippen molar-refractivity contribution in [3.8, 4) is 0 Å². The summed E-state index contributed by atoms with van der Waals surface area (Å²) in [5, 5.41) is 12.4. The van der Waals surface area contributed by atoms with Gasteiger partial charge in [0.15, 0.2) is 0 Å². The molecule has 4 nitrogen and oxygen atoms in total. The number of nitrogens with zero attached hydrogens (tertiary/aromatic N) is 2. The first-order valence-electron chi connectivity index (χ1n) is 11.6. The molecule has 1 fully saturated rings. The van der Waals surface area contributed by atoms with Crippen molar-refractivity contribution in [1.82, 2.24) is 4.57 Å². The fourth-order valence-corrected chi connectivity index (χ4v) is 5.44. The van der Waals surface area contributed by atoms with Crippen LogP contribution < -0.4 is 9.80 Å². The molecule has 158 valence electrons. The molecule has 2 N–H and O–H groups in total. The predicted octanol–water partition coefficient (Wildman–Crippen LogP) is 2.59. The standard InChI is InChI=1S/C26H33N3O/c1-20-10-12-21(13-11-20)28-16-14-27(15-17-28)18-22(30)19-29-25-8-4-2-6-23(25)24-7-3-5-9-26(24)29/h2,4,6,8,10-13,22,30H,3,5,7,9,14-19H2,1H3/p+1/t22-/m0/s1. The van der Waals surface area contributed by atoms with Crippen molar-refractivity contribution in [2.45, 2.75) is 45.3 Å². The molecule has 1 aromatic heterocycles. The molecular formula is C26H34N3O+. The van der Waals surface area contributed by atoms with Crippen LogP contribution in [-0.2, 0) is 19.4 Å². The van der Waals surface area contributed by atoms with Crippen molar-refractivity contribution in [3.05, 3.63) is 65.4 Å². The predicted molar refractivity (Wildman–Crippen MR) is 124 cm³/mol. The van der Waals surface area contributed by atoms with E-state index in [2.05, 4.69) is 64.9 Å². The lowest BCUT2D eigenvalue weighted by atomic mass is 9.95. The number of aromatic nitrogens is 1. The topological polar surface area (TPSA) is 32.8 Å². The Labute approximate surface area is 179 Å². The Balaban J connectivity index is 1.23. The Hall–Kier alpha value is -2.30. The zero-order valence-electron chi connectivity index (χ0n) is 18.1. The molecule has 5 rings (SSSR count). The maximum atomic E-state index is 11.0. The minimum atomic E-state index is -0.298. The molecule has 0 radical (unpaired) electrons. The average Bonchev–Trinajstić information content (AvgIpc) is 3.09. The van der Waals surface area contributed by atoms with E-state index in [1.54, 1.807) is 0 Å². The molecule has 2 aromatic carbocycles. The first-order valence-corrected chi connectivity index (χ1v) is 11.6. The number of aryl methyl sites for hydroxylation is 2. The van der Waals surface area contributed by atoms with Gasteiger partial charge in [0.25, 0.3) is 0 Å². The van der Waals surface area contributed by atoms with Crippen LogP contribution in [0.3, 0.4) is 0 Å². The number of hydrogen-bond acceptors (Lipinski definition) is 2. The van der Waals surface area contributed by atoms with Gasteiger partial charge < -0.3 is 19.5 Å². The SMILES string of the molecule is Cc1ccc(N2CC[NH+](C[C@H](O)Cn3c4c(c5ccccc53)CCCC4)CC2)cc1. The fourth-order valence-electron chi connectivity index (χ4n) is 5.44. The summed E-state index contributed by atoms with van der Waals surface area (Å²) >= 11 is 0. The number of aliphatic hydroxyl groups is 1. The highest BCUT2D eigenvalue weighted by Crippen LogP contribution is 2.32. The Morgan fingerprint density at radius 1 is 0.967 bits per heavy atom. The lowest BCUT2D eigenvalue weighted by Crippen LogP contribution is -3.15. The van der Waals surface area contributed by atoms with Crippen LogP contribution in [0, 0.1) is 6.92 Å². The lowest BCUT2D eigenvalue weighted by molar-refractivity contribution is -0.903. The second-order valence-corrected chi connectivity index (χ2v) is 9.19. The van der Waals surface area contributed by atoms with Gasteiger partial charge in [-0.3, -0.25) is 0 Å². The molecule has 0 amide bonds. The molecule has 0 unspecified atom stereocenters. The van der Waals surface area contributed by atoms with Crippen molar-refractivity contribution in [2.75, 3.05) is 37.6 Å². The summed E-state index contributed by atoms with van der Waals surface area (Å²) < 4.78 is 2.43. The van der Waals surface area contributed by atoms with Gasteiger partial charge in [-0.2, -0.15) is 0 Å². The van der Waals surface area contributed by atoms with E-state index in [0.717, 1.165) is 45.7 Å². The Bertz CT molecular complexity index is 999. The molecule has 0 saturated carbocycles. The van der Waals surface area contributed by atoms with Gasteiger partial charge in [0, 0.05) is 22.3 Å². The van der Waals surface area contributed by atoms with Gasteiger partial charge in [-0.25, -0.2) is 0 Å². The summed E-state index contributed by atoms with van der Waals surface area (Å²) in [4.78, 5) is 4.00. The number of para-hydroxylation sites is 1. The summed E-state index contributed by atoms with van der Waals surface area (Å²) in [5.74, 6) is 0. The third kappa shape index (κ3) is 3.86. The zero-order valence-corrected chi connectivity index (χ0v) is 18.1. The van der Waals surface area contributed by atoms with E-state index in [9.17, 15) is 5.11 Å². The minimum Gasteiger partial charge on any atom is -0.385 e. The van der Waals surface area contributed by atoms with Crippen molar-refractivity contribution < 1.29 is 10.0 Å². The molecule has 30 heavy (non-hydrogen) atoms. The first kappa shape index (κ1) is 19.7. The summed E-state index contributed by atoms with van der Waals surface area (Å²) in [7, 11) is 0. The highest BCUT2D eigenvalue weighted by Gasteiger charge is 2.25. The van der Waals surface area contributed by atoms with Crippen LogP contribution in [0.2, 0.25) is 0 Å². The average molecular weight is 405 g/mol. The second kappa shape index (κ2) is 8.44. The molecule has 1 aliphatic carbocycles. The second-order valence-electron chi connectivity index (χ2n) is 9.19. The van der Waals surface area contributed by atoms with E-state index >= 15 is 0 Å². The highest BCUT2D eigenvalue weighted by molar-refractivity contribution is 5.85. The Morgan fingerprint density at radius 3 is 2.50 bits per heavy atom. The van der Waals surface area contributed by atoms with Crippen LogP contribution in [0.4, 0.5) is 5.69 Å². The third-order valence-electron chi connectivity index (χ3n) is 7.07. The molecule has 0 bridgehead atoms. The Morgan fingerprint density at radius 2 is 1.70 bits per heavy atom. The first-order chi connectivity index (χ1) is 14.7. The molecule has 1 aliphatic heterocycles. The van der Waals surface area contributed by atoms with E-state index in [1.165, 1.54) is 57.6 Å². The van der Waals surface area contributed by atoms with Gasteiger partial charge in [0.2, 0.25) is 0 Å². The number of anilines is 1. The summed E-state index contributed by atoms with van der Waals surface area (Å²) in [6.45, 7) is 8.01. The quantitative estimate of drug-likeness (QED) is 0.685. The van der Waals surface area contributed by atoms with Crippen LogP contribution in [0.5, 0.6) is 0 Å². The van der Waals surface area contributed by atoms with Crippen LogP contribution in [0.25, 0.3) is 10.9 Å². The molecule has 1 atom stereocenters. The number of nitrogens with one attached hydrogen (secondary N) is 1. The number of benzene rings is 2. The van der Waals surface area contributed by atoms with Crippen LogP contribution in [-0.4, -0.2) is 48.5 Å². The number of rotatable bonds is 5. The fraction of sp³-hybridized carbons (Fsp3) is 0.462. The van der Waals surface area contributed by atoms with E-state index in [1.807, 2.05) is 0 Å². The zero-order chi connectivity index (χ0) is 20.5. The van der Waals surface area contributed by atoms with Gasteiger partial charge in [0.05, 0.1) is 32.7 Å². The van der Waals surface area contributed by atoms with Crippen molar-refractivity contribution >= 4 is 16.6 Å². The normalized spacial score (nSPS) is 18.5. The minimum absolute atomic E-state index is 0.298. The van der Waals surface area contributed by atoms with Crippen LogP contribution >= 0.6 is 0 Å². The summed E-state index contributed by atoms with van der Waals surface area (Å²) in [6.07, 6.45) is 4.60. The van der Waals surface area contributed by atoms with Crippen LogP contribution in [0.1, 0.15) is 29.7 Å². The van der Waals surface area contributed by atoms with Crippen LogP contribution in [0.15, 0.2) is 48.5 Å². The van der Waals surface area contributed by atoms with Crippen molar-refractivity contribution in [1.29, 1.82) is 0 Å². The largest absolute Gasteiger partial charge is 0.385 e. The van der Waals surface area contributed by atoms with E-state index in [4.69, 9.17) is 0 Å². The monoisotopic (exact) mass is 404 g/mol. The maximum absolute atomic E-state index is 11.0. The maximum Gasteiger partial charge on any atom is 0.121 e. The summed E-state index contributed by atoms with van der Waals surface area (Å²) in [6, 6.07) is 17.6. The third-order valence-corrected chi connectivity index (χ3v) is 7.07. The number of aliphatic hydroxyl groups excluding tert-OH is 1. The van der Waals surface area contributed by atoms with E-state index in [0.29, 0.717) is 0 Å². The van der Waals surface area contributed by atoms with Crippen molar-refractivity contribution in [3.63, 3.8) is 0 Å². The number of quaternary nitrogens is 1. The molecule has 2 aliphatic rings. The lowest BCUT2D eigenvalue weighted by Gasteiger charge is -2.34. The van der Waals surface area contributed by atoms with Gasteiger partial charge >= 0.3 is 0 Å². The van der Waals surface area contributed by atoms with Gasteiger partial charge in [-0.15, -0.1) is 0 Å². The van der Waals surface area contributed by atoms with Crippen molar-refractivity contribution in [2.24, 2.45) is 0 Å². The van der Waals surface area contributed by atoms with E-state index < -0.39 is 0 Å². The molecule has 4 heteroatoms. The number of piperazine rings is 1.